The highest BCUT2D eigenvalue weighted by atomic mass is 19.4. The molecule has 0 bridgehead atoms. The highest BCUT2D eigenvalue weighted by Crippen LogP contribution is 2.29. The minimum absolute atomic E-state index is 0.356. The van der Waals surface area contributed by atoms with Crippen molar-refractivity contribution >= 4 is 0 Å². The molecule has 0 aliphatic rings. The lowest BCUT2D eigenvalue weighted by Gasteiger charge is -2.21. The Balaban J connectivity index is 2.11. The standard InChI is InChI=1S/C16H17F3N2/c1-12-7-8-20-10-14(12)11-21-15(9-16(17,18)19)13-5-3-2-4-6-13/h2-8,10,15,21H,9,11H2,1H3. The maximum Gasteiger partial charge on any atom is 0.390 e. The first-order valence-corrected chi connectivity index (χ1v) is 6.70. The van der Waals surface area contributed by atoms with Gasteiger partial charge in [-0.1, -0.05) is 30.3 Å². The summed E-state index contributed by atoms with van der Waals surface area (Å²) in [6.45, 7) is 2.27. The Labute approximate surface area is 122 Å². The molecule has 21 heavy (non-hydrogen) atoms. The van der Waals surface area contributed by atoms with Crippen molar-refractivity contribution in [2.24, 2.45) is 0 Å². The van der Waals surface area contributed by atoms with Crippen LogP contribution in [0.25, 0.3) is 0 Å². The summed E-state index contributed by atoms with van der Waals surface area (Å²) >= 11 is 0. The fourth-order valence-corrected chi connectivity index (χ4v) is 2.14. The number of aryl methyl sites for hydroxylation is 1. The van der Waals surface area contributed by atoms with Gasteiger partial charge in [-0.25, -0.2) is 0 Å². The Morgan fingerprint density at radius 3 is 2.48 bits per heavy atom. The smallest absolute Gasteiger partial charge is 0.305 e. The Morgan fingerprint density at radius 2 is 1.86 bits per heavy atom. The van der Waals surface area contributed by atoms with Crippen molar-refractivity contribution in [3.8, 4) is 0 Å². The van der Waals surface area contributed by atoms with Gasteiger partial charge in [0.1, 0.15) is 0 Å². The van der Waals surface area contributed by atoms with Gasteiger partial charge >= 0.3 is 6.18 Å². The lowest BCUT2D eigenvalue weighted by atomic mass is 10.0. The third kappa shape index (κ3) is 4.86. The Bertz CT molecular complexity index is 567. The summed E-state index contributed by atoms with van der Waals surface area (Å²) in [6, 6.07) is 9.79. The maximum atomic E-state index is 12.7. The molecule has 0 aliphatic heterocycles. The Morgan fingerprint density at radius 1 is 1.14 bits per heavy atom. The second-order valence-corrected chi connectivity index (χ2v) is 4.97. The van der Waals surface area contributed by atoms with Gasteiger partial charge in [0.05, 0.1) is 6.42 Å². The normalized spacial score (nSPS) is 13.1. The Hall–Kier alpha value is -1.88. The molecule has 2 rings (SSSR count). The number of pyridine rings is 1. The third-order valence-electron chi connectivity index (χ3n) is 3.32. The van der Waals surface area contributed by atoms with Gasteiger partial charge in [0.2, 0.25) is 0 Å². The number of nitrogens with zero attached hydrogens (tertiary/aromatic N) is 1. The predicted octanol–water partition coefficient (Wildman–Crippen LogP) is 4.17. The van der Waals surface area contributed by atoms with Crippen LogP contribution in [0.1, 0.15) is 29.2 Å². The molecular formula is C16H17F3N2. The molecule has 1 unspecified atom stereocenters. The first-order chi connectivity index (χ1) is 9.96. The van der Waals surface area contributed by atoms with Crippen molar-refractivity contribution < 1.29 is 13.2 Å². The van der Waals surface area contributed by atoms with Gasteiger partial charge in [0, 0.05) is 25.0 Å². The van der Waals surface area contributed by atoms with E-state index in [0.29, 0.717) is 12.1 Å². The van der Waals surface area contributed by atoms with Crippen molar-refractivity contribution in [1.82, 2.24) is 10.3 Å². The van der Waals surface area contributed by atoms with Crippen molar-refractivity contribution in [2.45, 2.75) is 32.1 Å². The van der Waals surface area contributed by atoms with Crippen molar-refractivity contribution in [3.05, 3.63) is 65.5 Å². The van der Waals surface area contributed by atoms with E-state index < -0.39 is 18.6 Å². The van der Waals surface area contributed by atoms with Gasteiger partial charge in [0.15, 0.2) is 0 Å². The van der Waals surface area contributed by atoms with Crippen LogP contribution >= 0.6 is 0 Å². The maximum absolute atomic E-state index is 12.7. The molecule has 1 aromatic heterocycles. The van der Waals surface area contributed by atoms with E-state index >= 15 is 0 Å². The zero-order chi connectivity index (χ0) is 15.3. The van der Waals surface area contributed by atoms with E-state index in [4.69, 9.17) is 0 Å². The number of rotatable bonds is 5. The molecule has 112 valence electrons. The van der Waals surface area contributed by atoms with Gasteiger partial charge in [0.25, 0.3) is 0 Å². The van der Waals surface area contributed by atoms with Crippen LogP contribution in [0.15, 0.2) is 48.8 Å². The van der Waals surface area contributed by atoms with E-state index in [-0.39, 0.29) is 0 Å². The van der Waals surface area contributed by atoms with Crippen molar-refractivity contribution in [1.29, 1.82) is 0 Å². The second-order valence-electron chi connectivity index (χ2n) is 4.97. The van der Waals surface area contributed by atoms with Crippen LogP contribution < -0.4 is 5.32 Å². The Kier molecular flexibility index (Phi) is 4.96. The average molecular weight is 294 g/mol. The van der Waals surface area contributed by atoms with Crippen LogP contribution in [0.3, 0.4) is 0 Å². The molecule has 2 aromatic rings. The quantitative estimate of drug-likeness (QED) is 0.895. The van der Waals surface area contributed by atoms with Gasteiger partial charge in [-0.15, -0.1) is 0 Å². The third-order valence-corrected chi connectivity index (χ3v) is 3.32. The van der Waals surface area contributed by atoms with Gasteiger partial charge in [-0.2, -0.15) is 13.2 Å². The molecule has 0 aliphatic carbocycles. The van der Waals surface area contributed by atoms with Gasteiger partial charge in [-0.3, -0.25) is 4.98 Å². The van der Waals surface area contributed by atoms with Gasteiger partial charge in [-0.05, 0) is 29.7 Å². The summed E-state index contributed by atoms with van der Waals surface area (Å²) in [4.78, 5) is 4.01. The summed E-state index contributed by atoms with van der Waals surface area (Å²) in [5.74, 6) is 0. The minimum atomic E-state index is -4.21. The largest absolute Gasteiger partial charge is 0.390 e. The summed E-state index contributed by atoms with van der Waals surface area (Å²) in [6.07, 6.45) is -1.75. The summed E-state index contributed by atoms with van der Waals surface area (Å²) in [5.41, 5.74) is 2.55. The molecule has 1 heterocycles. The lowest BCUT2D eigenvalue weighted by molar-refractivity contribution is -0.140. The van der Waals surface area contributed by atoms with Crippen LogP contribution in [-0.2, 0) is 6.54 Å². The molecule has 0 spiro atoms. The van der Waals surface area contributed by atoms with Crippen LogP contribution in [0, 0.1) is 6.92 Å². The van der Waals surface area contributed by atoms with Crippen molar-refractivity contribution in [2.75, 3.05) is 0 Å². The van der Waals surface area contributed by atoms with E-state index in [1.807, 2.05) is 13.0 Å². The molecule has 1 N–H and O–H groups in total. The predicted molar refractivity (Wildman–Crippen MR) is 75.7 cm³/mol. The molecule has 5 heteroatoms. The van der Waals surface area contributed by atoms with E-state index in [0.717, 1.165) is 11.1 Å². The van der Waals surface area contributed by atoms with Crippen LogP contribution in [-0.4, -0.2) is 11.2 Å². The molecule has 0 saturated carbocycles. The van der Waals surface area contributed by atoms with Crippen molar-refractivity contribution in [3.63, 3.8) is 0 Å². The fourth-order valence-electron chi connectivity index (χ4n) is 2.14. The number of benzene rings is 1. The molecule has 0 saturated heterocycles. The zero-order valence-corrected chi connectivity index (χ0v) is 11.7. The zero-order valence-electron chi connectivity index (χ0n) is 11.7. The van der Waals surface area contributed by atoms with E-state index in [2.05, 4.69) is 10.3 Å². The second kappa shape index (κ2) is 6.72. The van der Waals surface area contributed by atoms with Crippen LogP contribution in [0.4, 0.5) is 13.2 Å². The molecule has 0 radical (unpaired) electrons. The monoisotopic (exact) mass is 294 g/mol. The first kappa shape index (κ1) is 15.5. The summed E-state index contributed by atoms with van der Waals surface area (Å²) < 4.78 is 38.2. The van der Waals surface area contributed by atoms with E-state index in [9.17, 15) is 13.2 Å². The first-order valence-electron chi connectivity index (χ1n) is 6.70. The molecule has 1 atom stereocenters. The summed E-state index contributed by atoms with van der Waals surface area (Å²) in [5, 5.41) is 2.99. The fraction of sp³-hybridized carbons (Fsp3) is 0.312. The number of aromatic nitrogens is 1. The van der Waals surface area contributed by atoms with Crippen LogP contribution in [0.5, 0.6) is 0 Å². The lowest BCUT2D eigenvalue weighted by Crippen LogP contribution is -2.26. The molecule has 0 amide bonds. The number of alkyl halides is 3. The molecule has 0 fully saturated rings. The minimum Gasteiger partial charge on any atom is -0.305 e. The number of halogens is 3. The average Bonchev–Trinajstić information content (AvgIpc) is 2.45. The molecule has 1 aromatic carbocycles. The highest BCUT2D eigenvalue weighted by Gasteiger charge is 2.32. The SMILES string of the molecule is Cc1ccncc1CNC(CC(F)(F)F)c1ccccc1. The number of hydrogen-bond donors (Lipinski definition) is 1. The van der Waals surface area contributed by atoms with Gasteiger partial charge < -0.3 is 5.32 Å². The number of hydrogen-bond acceptors (Lipinski definition) is 2. The van der Waals surface area contributed by atoms with E-state index in [1.54, 1.807) is 42.7 Å². The number of nitrogens with one attached hydrogen (secondary N) is 1. The van der Waals surface area contributed by atoms with Crippen LogP contribution in [0.2, 0.25) is 0 Å². The molecule has 2 nitrogen and oxygen atoms in total. The highest BCUT2D eigenvalue weighted by molar-refractivity contribution is 5.23. The summed E-state index contributed by atoms with van der Waals surface area (Å²) in [7, 11) is 0. The topological polar surface area (TPSA) is 24.9 Å². The molecular weight excluding hydrogens is 277 g/mol. The van der Waals surface area contributed by atoms with E-state index in [1.165, 1.54) is 0 Å².